The third-order valence-electron chi connectivity index (χ3n) is 4.84. The highest BCUT2D eigenvalue weighted by atomic mass is 16.1. The number of hydrogen-bond donors (Lipinski definition) is 2. The van der Waals surface area contributed by atoms with Gasteiger partial charge in [0.05, 0.1) is 17.4 Å². The summed E-state index contributed by atoms with van der Waals surface area (Å²) in [5.41, 5.74) is 2.06. The van der Waals surface area contributed by atoms with Crippen LogP contribution < -0.4 is 10.6 Å². The molecule has 0 unspecified atom stereocenters. The molecule has 130 valence electrons. The van der Waals surface area contributed by atoms with Gasteiger partial charge in [-0.2, -0.15) is 0 Å². The van der Waals surface area contributed by atoms with Crippen LogP contribution in [-0.2, 0) is 11.3 Å². The fourth-order valence-electron chi connectivity index (χ4n) is 3.46. The van der Waals surface area contributed by atoms with Crippen molar-refractivity contribution in [3.05, 3.63) is 30.6 Å². The monoisotopic (exact) mass is 328 g/mol. The number of benzene rings is 1. The number of nitrogens with zero attached hydrogens (tertiary/aromatic N) is 2. The van der Waals surface area contributed by atoms with Crippen molar-refractivity contribution in [3.8, 4) is 0 Å². The highest BCUT2D eigenvalue weighted by Gasteiger charge is 2.11. The predicted octanol–water partition coefficient (Wildman–Crippen LogP) is 2.86. The molecule has 1 fully saturated rings. The topological polar surface area (TPSA) is 59.0 Å². The van der Waals surface area contributed by atoms with Crippen LogP contribution in [0.1, 0.15) is 44.9 Å². The van der Waals surface area contributed by atoms with Crippen LogP contribution in [0.4, 0.5) is 0 Å². The van der Waals surface area contributed by atoms with Gasteiger partial charge in [0.15, 0.2) is 0 Å². The number of aromatic nitrogens is 2. The van der Waals surface area contributed by atoms with Crippen LogP contribution >= 0.6 is 0 Å². The summed E-state index contributed by atoms with van der Waals surface area (Å²) in [6, 6.07) is 8.65. The summed E-state index contributed by atoms with van der Waals surface area (Å²) < 4.78 is 2.04. The van der Waals surface area contributed by atoms with Crippen LogP contribution in [0.15, 0.2) is 30.6 Å². The SMILES string of the molecule is O=C(CCn1cnc2ccccc21)NCCNC1CCCCCC1. The maximum Gasteiger partial charge on any atom is 0.221 e. The molecule has 1 saturated carbocycles. The van der Waals surface area contributed by atoms with Crippen molar-refractivity contribution in [2.45, 2.75) is 57.5 Å². The molecule has 1 aliphatic carbocycles. The summed E-state index contributed by atoms with van der Waals surface area (Å²) in [6.45, 7) is 2.24. The third kappa shape index (κ3) is 4.81. The van der Waals surface area contributed by atoms with E-state index in [0.717, 1.165) is 17.6 Å². The van der Waals surface area contributed by atoms with Crippen molar-refractivity contribution in [1.82, 2.24) is 20.2 Å². The zero-order valence-electron chi connectivity index (χ0n) is 14.3. The summed E-state index contributed by atoms with van der Waals surface area (Å²) in [4.78, 5) is 16.4. The van der Waals surface area contributed by atoms with E-state index in [1.807, 2.05) is 35.2 Å². The minimum Gasteiger partial charge on any atom is -0.355 e. The molecule has 3 rings (SSSR count). The van der Waals surface area contributed by atoms with Crippen molar-refractivity contribution in [1.29, 1.82) is 0 Å². The van der Waals surface area contributed by atoms with E-state index in [4.69, 9.17) is 0 Å². The normalized spacial score (nSPS) is 16.2. The van der Waals surface area contributed by atoms with E-state index >= 15 is 0 Å². The Balaban J connectivity index is 1.34. The Morgan fingerprint density at radius 2 is 1.92 bits per heavy atom. The molecule has 5 heteroatoms. The van der Waals surface area contributed by atoms with E-state index in [9.17, 15) is 4.79 Å². The number of para-hydroxylation sites is 2. The predicted molar refractivity (Wildman–Crippen MR) is 96.9 cm³/mol. The van der Waals surface area contributed by atoms with Gasteiger partial charge in [0.1, 0.15) is 0 Å². The highest BCUT2D eigenvalue weighted by molar-refractivity contribution is 5.77. The molecule has 2 N–H and O–H groups in total. The number of amides is 1. The number of fused-ring (bicyclic) bond motifs is 1. The lowest BCUT2D eigenvalue weighted by molar-refractivity contribution is -0.121. The Labute approximate surface area is 143 Å². The average molecular weight is 328 g/mol. The van der Waals surface area contributed by atoms with E-state index < -0.39 is 0 Å². The Morgan fingerprint density at radius 1 is 1.12 bits per heavy atom. The van der Waals surface area contributed by atoms with Gasteiger partial charge in [-0.15, -0.1) is 0 Å². The minimum atomic E-state index is 0.107. The molecule has 0 atom stereocenters. The highest BCUT2D eigenvalue weighted by Crippen LogP contribution is 2.16. The lowest BCUT2D eigenvalue weighted by atomic mass is 10.1. The molecule has 5 nitrogen and oxygen atoms in total. The second kappa shape index (κ2) is 8.83. The van der Waals surface area contributed by atoms with Crippen LogP contribution in [0.3, 0.4) is 0 Å². The molecular weight excluding hydrogens is 300 g/mol. The smallest absolute Gasteiger partial charge is 0.221 e. The van der Waals surface area contributed by atoms with E-state index in [-0.39, 0.29) is 5.91 Å². The molecule has 1 aliphatic rings. The van der Waals surface area contributed by atoms with Crippen molar-refractivity contribution < 1.29 is 4.79 Å². The number of carbonyl (C=O) groups is 1. The Hall–Kier alpha value is -1.88. The molecule has 1 aromatic heterocycles. The van der Waals surface area contributed by atoms with Gasteiger partial charge >= 0.3 is 0 Å². The largest absolute Gasteiger partial charge is 0.355 e. The molecule has 0 radical (unpaired) electrons. The first-order valence-corrected chi connectivity index (χ1v) is 9.23. The molecule has 2 aromatic rings. The first-order chi connectivity index (χ1) is 11.8. The molecule has 24 heavy (non-hydrogen) atoms. The van der Waals surface area contributed by atoms with Crippen LogP contribution in [0, 0.1) is 0 Å². The molecule has 0 aliphatic heterocycles. The van der Waals surface area contributed by atoms with Crippen LogP contribution in [0.5, 0.6) is 0 Å². The fraction of sp³-hybridized carbons (Fsp3) is 0.579. The molecule has 1 aromatic carbocycles. The molecule has 1 amide bonds. The molecular formula is C19H28N4O. The maximum atomic E-state index is 12.0. The van der Waals surface area contributed by atoms with Crippen molar-refractivity contribution >= 4 is 16.9 Å². The molecule has 0 bridgehead atoms. The van der Waals surface area contributed by atoms with Gasteiger partial charge in [-0.05, 0) is 25.0 Å². The maximum absolute atomic E-state index is 12.0. The summed E-state index contributed by atoms with van der Waals surface area (Å²) >= 11 is 0. The first-order valence-electron chi connectivity index (χ1n) is 9.23. The number of hydrogen-bond acceptors (Lipinski definition) is 3. The Bertz CT molecular complexity index is 644. The molecule has 1 heterocycles. The summed E-state index contributed by atoms with van der Waals surface area (Å²) in [7, 11) is 0. The minimum absolute atomic E-state index is 0.107. The number of imidazole rings is 1. The quantitative estimate of drug-likeness (QED) is 0.607. The second-order valence-electron chi connectivity index (χ2n) is 6.67. The van der Waals surface area contributed by atoms with Gasteiger partial charge in [-0.1, -0.05) is 37.8 Å². The third-order valence-corrected chi connectivity index (χ3v) is 4.84. The van der Waals surface area contributed by atoms with Crippen molar-refractivity contribution in [3.63, 3.8) is 0 Å². The van der Waals surface area contributed by atoms with E-state index in [1.54, 1.807) is 0 Å². The van der Waals surface area contributed by atoms with Gasteiger partial charge in [-0.3, -0.25) is 4.79 Å². The second-order valence-corrected chi connectivity index (χ2v) is 6.67. The van der Waals surface area contributed by atoms with Gasteiger partial charge in [-0.25, -0.2) is 4.98 Å². The van der Waals surface area contributed by atoms with E-state index in [0.29, 0.717) is 25.6 Å². The van der Waals surface area contributed by atoms with Crippen LogP contribution in [-0.4, -0.2) is 34.6 Å². The summed E-state index contributed by atoms with van der Waals surface area (Å²) in [5.74, 6) is 0.107. The van der Waals surface area contributed by atoms with Gasteiger partial charge < -0.3 is 15.2 Å². The lowest BCUT2D eigenvalue weighted by Crippen LogP contribution is -2.37. The first kappa shape index (κ1) is 17.0. The van der Waals surface area contributed by atoms with E-state index in [1.165, 1.54) is 38.5 Å². The average Bonchev–Trinajstić information content (AvgIpc) is 2.83. The summed E-state index contributed by atoms with van der Waals surface area (Å²) in [6.07, 6.45) is 10.3. The lowest BCUT2D eigenvalue weighted by Gasteiger charge is -2.16. The zero-order chi connectivity index (χ0) is 16.6. The number of carbonyl (C=O) groups excluding carboxylic acids is 1. The van der Waals surface area contributed by atoms with Crippen molar-refractivity contribution in [2.75, 3.05) is 13.1 Å². The molecule has 0 saturated heterocycles. The van der Waals surface area contributed by atoms with Gasteiger partial charge in [0.25, 0.3) is 0 Å². The Kier molecular flexibility index (Phi) is 6.24. The number of aryl methyl sites for hydroxylation is 1. The zero-order valence-corrected chi connectivity index (χ0v) is 14.3. The van der Waals surface area contributed by atoms with Crippen LogP contribution in [0.25, 0.3) is 11.0 Å². The Morgan fingerprint density at radius 3 is 2.75 bits per heavy atom. The van der Waals surface area contributed by atoms with Crippen LogP contribution in [0.2, 0.25) is 0 Å². The number of rotatable bonds is 7. The fourth-order valence-corrected chi connectivity index (χ4v) is 3.46. The van der Waals surface area contributed by atoms with Gasteiger partial charge in [0, 0.05) is 32.1 Å². The standard InChI is InChI=1S/C19H28N4O/c24-19(21-13-12-20-16-7-3-1-2-4-8-16)11-14-23-15-22-17-9-5-6-10-18(17)23/h5-6,9-10,15-16,20H,1-4,7-8,11-14H2,(H,21,24). The molecule has 0 spiro atoms. The summed E-state index contributed by atoms with van der Waals surface area (Å²) in [5, 5.41) is 6.59. The van der Waals surface area contributed by atoms with E-state index in [2.05, 4.69) is 15.6 Å². The number of nitrogens with one attached hydrogen (secondary N) is 2. The van der Waals surface area contributed by atoms with Crippen molar-refractivity contribution in [2.24, 2.45) is 0 Å². The van der Waals surface area contributed by atoms with Gasteiger partial charge in [0.2, 0.25) is 5.91 Å².